The van der Waals surface area contributed by atoms with Crippen LogP contribution in [0.15, 0.2) is 24.3 Å². The maximum absolute atomic E-state index is 12.3. The summed E-state index contributed by atoms with van der Waals surface area (Å²) in [5, 5.41) is 6.57. The van der Waals surface area contributed by atoms with Gasteiger partial charge in [-0.05, 0) is 26.7 Å². The van der Waals surface area contributed by atoms with Crippen LogP contribution in [-0.2, 0) is 4.79 Å². The number of carbonyl (C=O) groups is 1. The van der Waals surface area contributed by atoms with Crippen LogP contribution in [0.5, 0.6) is 0 Å². The van der Waals surface area contributed by atoms with Crippen LogP contribution >= 0.6 is 0 Å². The second-order valence-electron chi connectivity index (χ2n) is 5.13. The quantitative estimate of drug-likeness (QED) is 0.686. The lowest BCUT2D eigenvalue weighted by Gasteiger charge is -2.18. The van der Waals surface area contributed by atoms with Crippen LogP contribution < -0.4 is 10.6 Å². The molecule has 4 unspecified atom stereocenters. The van der Waals surface area contributed by atoms with Crippen molar-refractivity contribution in [3.8, 4) is 0 Å². The van der Waals surface area contributed by atoms with E-state index >= 15 is 0 Å². The second-order valence-corrected chi connectivity index (χ2v) is 5.13. The van der Waals surface area contributed by atoms with Gasteiger partial charge in [0.1, 0.15) is 0 Å². The van der Waals surface area contributed by atoms with Crippen molar-refractivity contribution in [2.75, 3.05) is 0 Å². The predicted molar refractivity (Wildman–Crippen MR) is 65.3 cm³/mol. The van der Waals surface area contributed by atoms with E-state index in [1.807, 2.05) is 0 Å². The number of hydrogen-bond donors (Lipinski definition) is 2. The largest absolute Gasteiger partial charge is 0.301 e. The monoisotopic (exact) mass is 220 g/mol. The van der Waals surface area contributed by atoms with E-state index in [9.17, 15) is 4.79 Å². The predicted octanol–water partition coefficient (Wildman–Crippen LogP) is 1.17. The SMILES string of the molecule is C=C1CC(C)NC1C(=O)C1NC(C)CC1=C. The van der Waals surface area contributed by atoms with Gasteiger partial charge in [0.2, 0.25) is 0 Å². The zero-order valence-electron chi connectivity index (χ0n) is 10.0. The van der Waals surface area contributed by atoms with Crippen LogP contribution in [0.25, 0.3) is 0 Å². The summed E-state index contributed by atoms with van der Waals surface area (Å²) < 4.78 is 0. The molecule has 2 fully saturated rings. The zero-order valence-corrected chi connectivity index (χ0v) is 10.0. The topological polar surface area (TPSA) is 41.1 Å². The normalized spacial score (nSPS) is 39.4. The van der Waals surface area contributed by atoms with Gasteiger partial charge in [-0.25, -0.2) is 0 Å². The lowest BCUT2D eigenvalue weighted by molar-refractivity contribution is -0.120. The minimum atomic E-state index is -0.186. The fourth-order valence-electron chi connectivity index (χ4n) is 2.68. The minimum absolute atomic E-state index is 0.184. The molecule has 0 aromatic rings. The Hall–Kier alpha value is -0.930. The van der Waals surface area contributed by atoms with Crippen LogP contribution in [0.4, 0.5) is 0 Å². The molecular formula is C13H20N2O. The summed E-state index contributed by atoms with van der Waals surface area (Å²) in [6.07, 6.45) is 1.79. The summed E-state index contributed by atoms with van der Waals surface area (Å²) in [6, 6.07) is 0.339. The van der Waals surface area contributed by atoms with Crippen LogP contribution in [0, 0.1) is 0 Å². The summed E-state index contributed by atoms with van der Waals surface area (Å²) in [7, 11) is 0. The standard InChI is InChI=1S/C13H20N2O/c1-7-5-9(3)14-11(7)13(16)12-8(2)6-10(4)15-12/h9-12,14-15H,1-2,5-6H2,3-4H3. The van der Waals surface area contributed by atoms with Gasteiger partial charge in [-0.3, -0.25) is 4.79 Å². The zero-order chi connectivity index (χ0) is 11.9. The highest BCUT2D eigenvalue weighted by atomic mass is 16.1. The van der Waals surface area contributed by atoms with E-state index < -0.39 is 0 Å². The Morgan fingerprint density at radius 2 is 1.44 bits per heavy atom. The van der Waals surface area contributed by atoms with Crippen molar-refractivity contribution in [2.45, 2.75) is 50.9 Å². The van der Waals surface area contributed by atoms with Crippen LogP contribution in [0.3, 0.4) is 0 Å². The lowest BCUT2D eigenvalue weighted by atomic mass is 9.96. The molecule has 3 nitrogen and oxygen atoms in total. The van der Waals surface area contributed by atoms with Crippen molar-refractivity contribution >= 4 is 5.78 Å². The van der Waals surface area contributed by atoms with E-state index in [0.29, 0.717) is 12.1 Å². The third-order valence-corrected chi connectivity index (χ3v) is 3.42. The first-order valence-corrected chi connectivity index (χ1v) is 5.90. The third-order valence-electron chi connectivity index (χ3n) is 3.42. The van der Waals surface area contributed by atoms with Gasteiger partial charge in [0.25, 0.3) is 0 Å². The molecule has 0 aromatic carbocycles. The Balaban J connectivity index is 2.08. The maximum atomic E-state index is 12.3. The first-order chi connectivity index (χ1) is 7.49. The van der Waals surface area contributed by atoms with E-state index in [0.717, 1.165) is 24.0 Å². The highest BCUT2D eigenvalue weighted by molar-refractivity contribution is 5.95. The molecule has 0 aromatic heterocycles. The van der Waals surface area contributed by atoms with Crippen molar-refractivity contribution < 1.29 is 4.79 Å². The molecule has 0 bridgehead atoms. The van der Waals surface area contributed by atoms with Crippen molar-refractivity contribution in [1.29, 1.82) is 0 Å². The Kier molecular flexibility index (Phi) is 3.00. The number of nitrogens with one attached hydrogen (secondary N) is 2. The van der Waals surface area contributed by atoms with Gasteiger partial charge < -0.3 is 10.6 Å². The first-order valence-electron chi connectivity index (χ1n) is 5.90. The van der Waals surface area contributed by atoms with Crippen molar-refractivity contribution in [1.82, 2.24) is 10.6 Å². The summed E-state index contributed by atoms with van der Waals surface area (Å²) >= 11 is 0. The summed E-state index contributed by atoms with van der Waals surface area (Å²) in [5.74, 6) is 0.184. The van der Waals surface area contributed by atoms with Gasteiger partial charge in [-0.15, -0.1) is 0 Å². The number of hydrogen-bond acceptors (Lipinski definition) is 3. The number of Topliss-reactive ketones (excluding diaryl/α,β-unsaturated/α-hetero) is 1. The molecular weight excluding hydrogens is 200 g/mol. The van der Waals surface area contributed by atoms with E-state index in [4.69, 9.17) is 0 Å². The molecule has 0 radical (unpaired) electrons. The molecule has 0 aliphatic carbocycles. The van der Waals surface area contributed by atoms with Crippen molar-refractivity contribution in [3.63, 3.8) is 0 Å². The molecule has 2 N–H and O–H groups in total. The highest BCUT2D eigenvalue weighted by Gasteiger charge is 2.38. The molecule has 88 valence electrons. The molecule has 0 spiro atoms. The van der Waals surface area contributed by atoms with Crippen molar-refractivity contribution in [2.24, 2.45) is 0 Å². The van der Waals surface area contributed by atoms with Gasteiger partial charge >= 0.3 is 0 Å². The van der Waals surface area contributed by atoms with E-state index in [1.54, 1.807) is 0 Å². The van der Waals surface area contributed by atoms with Crippen LogP contribution in [0.2, 0.25) is 0 Å². The smallest absolute Gasteiger partial charge is 0.174 e. The van der Waals surface area contributed by atoms with Crippen molar-refractivity contribution in [3.05, 3.63) is 24.3 Å². The molecule has 2 aliphatic heterocycles. The summed E-state index contributed by atoms with van der Waals surface area (Å²) in [5.41, 5.74) is 2.01. The number of ketones is 1. The molecule has 2 rings (SSSR count). The van der Waals surface area contributed by atoms with Gasteiger partial charge in [0, 0.05) is 12.1 Å². The summed E-state index contributed by atoms with van der Waals surface area (Å²) in [6.45, 7) is 12.1. The van der Waals surface area contributed by atoms with E-state index in [2.05, 4.69) is 37.6 Å². The molecule has 2 saturated heterocycles. The fraction of sp³-hybridized carbons (Fsp3) is 0.615. The van der Waals surface area contributed by atoms with Crippen LogP contribution in [0.1, 0.15) is 26.7 Å². The Labute approximate surface area is 97.0 Å². The van der Waals surface area contributed by atoms with E-state index in [1.165, 1.54) is 0 Å². The highest BCUT2D eigenvalue weighted by Crippen LogP contribution is 2.24. The minimum Gasteiger partial charge on any atom is -0.301 e. The lowest BCUT2D eigenvalue weighted by Crippen LogP contribution is -2.46. The van der Waals surface area contributed by atoms with Gasteiger partial charge in [0.15, 0.2) is 5.78 Å². The Morgan fingerprint density at radius 1 is 1.06 bits per heavy atom. The molecule has 4 atom stereocenters. The maximum Gasteiger partial charge on any atom is 0.174 e. The van der Waals surface area contributed by atoms with Gasteiger partial charge in [-0.1, -0.05) is 24.3 Å². The third kappa shape index (κ3) is 1.97. The molecule has 2 heterocycles. The second kappa shape index (κ2) is 4.15. The average Bonchev–Trinajstić information content (AvgIpc) is 2.68. The first kappa shape index (κ1) is 11.6. The number of rotatable bonds is 2. The van der Waals surface area contributed by atoms with E-state index in [-0.39, 0.29) is 17.9 Å². The summed E-state index contributed by atoms with van der Waals surface area (Å²) in [4.78, 5) is 12.3. The Bertz CT molecular complexity index is 316. The Morgan fingerprint density at radius 3 is 1.69 bits per heavy atom. The van der Waals surface area contributed by atoms with Gasteiger partial charge in [-0.2, -0.15) is 0 Å². The van der Waals surface area contributed by atoms with Gasteiger partial charge in [0.05, 0.1) is 12.1 Å². The molecule has 0 amide bonds. The fourth-order valence-corrected chi connectivity index (χ4v) is 2.68. The molecule has 3 heteroatoms. The van der Waals surface area contributed by atoms with Crippen LogP contribution in [-0.4, -0.2) is 30.0 Å². The number of carbonyl (C=O) groups excluding carboxylic acids is 1. The molecule has 0 saturated carbocycles. The average molecular weight is 220 g/mol. The molecule has 2 aliphatic rings. The molecule has 16 heavy (non-hydrogen) atoms.